The Hall–Kier alpha value is -1.19. The van der Waals surface area contributed by atoms with Crippen molar-refractivity contribution in [2.45, 2.75) is 64.1 Å². The molecule has 0 bridgehead atoms. The third kappa shape index (κ3) is 4.39. The van der Waals surface area contributed by atoms with Crippen molar-refractivity contribution in [2.24, 2.45) is 5.92 Å². The van der Waals surface area contributed by atoms with Crippen LogP contribution in [0.15, 0.2) is 24.3 Å². The molecule has 1 fully saturated rings. The second-order valence-corrected chi connectivity index (χ2v) is 6.17. The van der Waals surface area contributed by atoms with Crippen molar-refractivity contribution in [3.63, 3.8) is 0 Å². The van der Waals surface area contributed by atoms with Crippen LogP contribution in [0.4, 0.5) is 18.9 Å². The molecule has 0 amide bonds. The van der Waals surface area contributed by atoms with Crippen molar-refractivity contribution in [1.82, 2.24) is 0 Å². The van der Waals surface area contributed by atoms with Crippen molar-refractivity contribution in [3.8, 4) is 0 Å². The summed E-state index contributed by atoms with van der Waals surface area (Å²) in [5.74, 6) is -0.565. The van der Waals surface area contributed by atoms with E-state index in [0.717, 1.165) is 12.1 Å². The van der Waals surface area contributed by atoms with Crippen LogP contribution in [0, 0.1) is 5.92 Å². The molecule has 2 rings (SSSR count). The maximum absolute atomic E-state index is 12.6. The summed E-state index contributed by atoms with van der Waals surface area (Å²) in [6, 6.07) is 8.46. The second-order valence-electron chi connectivity index (χ2n) is 6.17. The van der Waals surface area contributed by atoms with E-state index in [1.54, 1.807) is 0 Å². The van der Waals surface area contributed by atoms with Crippen molar-refractivity contribution in [3.05, 3.63) is 29.8 Å². The lowest BCUT2D eigenvalue weighted by molar-refractivity contribution is -0.182. The molecular weight excluding hydrogens is 275 g/mol. The lowest BCUT2D eigenvalue weighted by Crippen LogP contribution is -2.32. The van der Waals surface area contributed by atoms with Gasteiger partial charge in [-0.3, -0.25) is 0 Å². The summed E-state index contributed by atoms with van der Waals surface area (Å²) in [6.07, 6.45) is -1.25. The van der Waals surface area contributed by atoms with Crippen LogP contribution in [0.2, 0.25) is 0 Å². The predicted octanol–water partition coefficient (Wildman–Crippen LogP) is 5.73. The minimum absolute atomic E-state index is 0.165. The van der Waals surface area contributed by atoms with Gasteiger partial charge >= 0.3 is 6.18 Å². The lowest BCUT2D eigenvalue weighted by Gasteiger charge is -2.31. The first-order valence-electron chi connectivity index (χ1n) is 7.83. The standard InChI is InChI=1S/C17H24F3N/c1-3-12(2)13-4-8-15(9-5-13)21-16-10-6-14(7-11-16)17(18,19)20/h4-5,8-9,12,14,16,21H,3,6-7,10-11H2,1-2H3. The van der Waals surface area contributed by atoms with Gasteiger partial charge in [0, 0.05) is 11.7 Å². The molecule has 1 nitrogen and oxygen atoms in total. The monoisotopic (exact) mass is 299 g/mol. The summed E-state index contributed by atoms with van der Waals surface area (Å²) in [7, 11) is 0. The first kappa shape index (κ1) is 16.2. The summed E-state index contributed by atoms with van der Waals surface area (Å²) < 4.78 is 37.9. The molecule has 1 aromatic carbocycles. The number of hydrogen-bond acceptors (Lipinski definition) is 1. The zero-order chi connectivity index (χ0) is 15.5. The molecule has 0 saturated heterocycles. The number of rotatable bonds is 4. The third-order valence-electron chi connectivity index (χ3n) is 4.65. The van der Waals surface area contributed by atoms with Gasteiger partial charge in [-0.05, 0) is 55.7 Å². The Morgan fingerprint density at radius 3 is 2.14 bits per heavy atom. The Kier molecular flexibility index (Phi) is 5.17. The minimum Gasteiger partial charge on any atom is -0.382 e. The van der Waals surface area contributed by atoms with E-state index in [1.807, 2.05) is 12.1 Å². The fourth-order valence-corrected chi connectivity index (χ4v) is 2.94. The van der Waals surface area contributed by atoms with Crippen LogP contribution in [0.3, 0.4) is 0 Å². The first-order chi connectivity index (χ1) is 9.90. The van der Waals surface area contributed by atoms with Crippen LogP contribution in [-0.4, -0.2) is 12.2 Å². The van der Waals surface area contributed by atoms with Gasteiger partial charge in [0.05, 0.1) is 5.92 Å². The normalized spacial score (nSPS) is 24.6. The van der Waals surface area contributed by atoms with Crippen molar-refractivity contribution in [1.29, 1.82) is 0 Å². The lowest BCUT2D eigenvalue weighted by atomic mass is 9.85. The van der Waals surface area contributed by atoms with Gasteiger partial charge in [0.15, 0.2) is 0 Å². The van der Waals surface area contributed by atoms with Crippen molar-refractivity contribution < 1.29 is 13.2 Å². The molecule has 0 aliphatic heterocycles. The summed E-state index contributed by atoms with van der Waals surface area (Å²) in [5.41, 5.74) is 2.32. The molecule has 4 heteroatoms. The zero-order valence-electron chi connectivity index (χ0n) is 12.7. The number of nitrogens with one attached hydrogen (secondary N) is 1. The summed E-state index contributed by atoms with van der Waals surface area (Å²) in [5, 5.41) is 3.37. The topological polar surface area (TPSA) is 12.0 Å². The molecule has 0 aromatic heterocycles. The first-order valence-corrected chi connectivity index (χ1v) is 7.83. The number of anilines is 1. The maximum atomic E-state index is 12.6. The van der Waals surface area contributed by atoms with Gasteiger partial charge in [-0.1, -0.05) is 26.0 Å². The molecule has 1 saturated carbocycles. The second kappa shape index (κ2) is 6.71. The van der Waals surface area contributed by atoms with E-state index in [2.05, 4.69) is 31.3 Å². The summed E-state index contributed by atoms with van der Waals surface area (Å²) >= 11 is 0. The molecule has 0 radical (unpaired) electrons. The van der Waals surface area contributed by atoms with E-state index in [-0.39, 0.29) is 18.9 Å². The molecule has 1 unspecified atom stereocenters. The molecular formula is C17H24F3N. The van der Waals surface area contributed by atoms with E-state index in [9.17, 15) is 13.2 Å². The number of hydrogen-bond donors (Lipinski definition) is 1. The van der Waals surface area contributed by atoms with Gasteiger partial charge in [-0.25, -0.2) is 0 Å². The molecule has 118 valence electrons. The number of benzene rings is 1. The molecule has 1 atom stereocenters. The highest BCUT2D eigenvalue weighted by Gasteiger charge is 2.41. The molecule has 21 heavy (non-hydrogen) atoms. The van der Waals surface area contributed by atoms with Crippen LogP contribution >= 0.6 is 0 Å². The molecule has 1 aliphatic carbocycles. The van der Waals surface area contributed by atoms with Crippen LogP contribution in [0.1, 0.15) is 57.4 Å². The molecule has 0 spiro atoms. The van der Waals surface area contributed by atoms with Gasteiger partial charge in [0.2, 0.25) is 0 Å². The molecule has 1 aliphatic rings. The quantitative estimate of drug-likeness (QED) is 0.748. The maximum Gasteiger partial charge on any atom is 0.391 e. The average molecular weight is 299 g/mol. The number of alkyl halides is 3. The van der Waals surface area contributed by atoms with E-state index in [4.69, 9.17) is 0 Å². The molecule has 0 heterocycles. The van der Waals surface area contributed by atoms with E-state index in [0.29, 0.717) is 18.8 Å². The van der Waals surface area contributed by atoms with Gasteiger partial charge in [-0.2, -0.15) is 13.2 Å². The Balaban J connectivity index is 1.86. The highest BCUT2D eigenvalue weighted by molar-refractivity contribution is 5.46. The largest absolute Gasteiger partial charge is 0.391 e. The summed E-state index contributed by atoms with van der Waals surface area (Å²) in [6.45, 7) is 4.36. The van der Waals surface area contributed by atoms with Gasteiger partial charge < -0.3 is 5.32 Å². The van der Waals surface area contributed by atoms with Gasteiger partial charge in [-0.15, -0.1) is 0 Å². The van der Waals surface area contributed by atoms with Gasteiger partial charge in [0.1, 0.15) is 0 Å². The predicted molar refractivity (Wildman–Crippen MR) is 80.6 cm³/mol. The molecule has 1 N–H and O–H groups in total. The smallest absolute Gasteiger partial charge is 0.382 e. The highest BCUT2D eigenvalue weighted by atomic mass is 19.4. The number of halogens is 3. The third-order valence-corrected chi connectivity index (χ3v) is 4.65. The van der Waals surface area contributed by atoms with Crippen LogP contribution in [0.5, 0.6) is 0 Å². The SMILES string of the molecule is CCC(C)c1ccc(NC2CCC(C(F)(F)F)CC2)cc1. The Morgan fingerprint density at radius 2 is 1.67 bits per heavy atom. The van der Waals surface area contributed by atoms with E-state index >= 15 is 0 Å². The van der Waals surface area contributed by atoms with Gasteiger partial charge in [0.25, 0.3) is 0 Å². The average Bonchev–Trinajstić information content (AvgIpc) is 2.47. The van der Waals surface area contributed by atoms with Crippen molar-refractivity contribution in [2.75, 3.05) is 5.32 Å². The van der Waals surface area contributed by atoms with E-state index < -0.39 is 12.1 Å². The van der Waals surface area contributed by atoms with Crippen LogP contribution in [-0.2, 0) is 0 Å². The van der Waals surface area contributed by atoms with Crippen molar-refractivity contribution >= 4 is 5.69 Å². The van der Waals surface area contributed by atoms with Crippen LogP contribution < -0.4 is 5.32 Å². The fourth-order valence-electron chi connectivity index (χ4n) is 2.94. The van der Waals surface area contributed by atoms with Crippen LogP contribution in [0.25, 0.3) is 0 Å². The fraction of sp³-hybridized carbons (Fsp3) is 0.647. The molecule has 1 aromatic rings. The highest BCUT2D eigenvalue weighted by Crippen LogP contribution is 2.38. The Labute approximate surface area is 124 Å². The minimum atomic E-state index is -4.02. The zero-order valence-corrected chi connectivity index (χ0v) is 12.7. The van der Waals surface area contributed by atoms with E-state index in [1.165, 1.54) is 5.56 Å². The Morgan fingerprint density at radius 1 is 1.10 bits per heavy atom. The Bertz CT molecular complexity index is 430. The summed E-state index contributed by atoms with van der Waals surface area (Å²) in [4.78, 5) is 0.